The van der Waals surface area contributed by atoms with Gasteiger partial charge in [-0.2, -0.15) is 33.7 Å². The number of nitrogens with one attached hydrogen (secondary N) is 4. The molecule has 21 nitrogen and oxygen atoms in total. The summed E-state index contributed by atoms with van der Waals surface area (Å²) in [6.07, 6.45) is 0. The third kappa shape index (κ3) is 13.3. The standard InChI is InChI=1S/C37H30N4O17S4.4Na/c1-17-3-5-19(11-23(17)35(44)40-27-7-9-31(61(53,54)55)25-13-21(59(47,48)49)15-29(42)33(25)27)38-37(46)39-20-6-4-18(2)24(12-20)36(45)41-28-8-10-32(62(56,57)58)26-14-22(60(50,51)52)16-30(43)34(26)28;;;;/h3-16,42-43H,1-2H3,(H,40,44)(H,41,45)(H2,38,39,46)(H,47,48,49)(H,50,51,52)(H,53,54,55)(H,56,57,58);;;;. The van der Waals surface area contributed by atoms with Crippen molar-refractivity contribution in [2.45, 2.75) is 33.4 Å². The zero-order valence-electron chi connectivity index (χ0n) is 35.4. The van der Waals surface area contributed by atoms with E-state index in [1.807, 2.05) is 0 Å². The van der Waals surface area contributed by atoms with Gasteiger partial charge in [0.05, 0.1) is 21.2 Å². The maximum Gasteiger partial charge on any atom is 0.323 e. The van der Waals surface area contributed by atoms with Crippen molar-refractivity contribution < 1.29 is 76.5 Å². The minimum atomic E-state index is -5.01. The summed E-state index contributed by atoms with van der Waals surface area (Å²) in [7, 11) is -20.0. The number of hydrogen-bond donors (Lipinski definition) is 10. The molecule has 0 saturated heterocycles. The molecular weight excluding hydrogens is 993 g/mol. The molecule has 0 aliphatic rings. The van der Waals surface area contributed by atoms with Crippen LogP contribution in [0.25, 0.3) is 21.5 Å². The molecular formula is C37H30N4Na4O17S4. The van der Waals surface area contributed by atoms with Crippen LogP contribution >= 0.6 is 0 Å². The Morgan fingerprint density at radius 3 is 1.08 bits per heavy atom. The average Bonchev–Trinajstić information content (AvgIpc) is 3.14. The summed E-state index contributed by atoms with van der Waals surface area (Å²) in [5, 5.41) is 29.4. The van der Waals surface area contributed by atoms with Crippen molar-refractivity contribution in [3.05, 3.63) is 107 Å². The Kier molecular flexibility index (Phi) is 20.1. The summed E-state index contributed by atoms with van der Waals surface area (Å²) in [6, 6.07) is 13.7. The summed E-state index contributed by atoms with van der Waals surface area (Å²) in [6.45, 7) is 3.08. The van der Waals surface area contributed by atoms with Gasteiger partial charge >= 0.3 is 6.03 Å². The molecule has 0 fully saturated rings. The molecule has 66 heavy (non-hydrogen) atoms. The summed E-state index contributed by atoms with van der Waals surface area (Å²) in [5.74, 6) is -3.47. The number of fused-ring (bicyclic) bond motifs is 2. The van der Waals surface area contributed by atoms with Gasteiger partial charge in [-0.1, -0.05) is 12.1 Å². The van der Waals surface area contributed by atoms with Crippen molar-refractivity contribution in [3.63, 3.8) is 0 Å². The van der Waals surface area contributed by atoms with Gasteiger partial charge in [0.25, 0.3) is 52.3 Å². The van der Waals surface area contributed by atoms with Crippen molar-refractivity contribution >= 4 is 221 Å². The Bertz CT molecular complexity index is 3210. The summed E-state index contributed by atoms with van der Waals surface area (Å²) < 4.78 is 134. The Morgan fingerprint density at radius 2 is 0.773 bits per heavy atom. The molecule has 0 aliphatic carbocycles. The van der Waals surface area contributed by atoms with E-state index in [9.17, 15) is 76.5 Å². The van der Waals surface area contributed by atoms with Crippen LogP contribution in [0, 0.1) is 13.8 Å². The molecule has 29 heteroatoms. The third-order valence-corrected chi connectivity index (χ3v) is 12.7. The molecule has 328 valence electrons. The first-order valence-electron chi connectivity index (χ1n) is 17.0. The van der Waals surface area contributed by atoms with Crippen LogP contribution in [0.2, 0.25) is 0 Å². The van der Waals surface area contributed by atoms with E-state index in [0.29, 0.717) is 35.4 Å². The minimum Gasteiger partial charge on any atom is -0.507 e. The predicted molar refractivity (Wildman–Crippen MR) is 244 cm³/mol. The van der Waals surface area contributed by atoms with E-state index in [0.717, 1.165) is 24.3 Å². The molecule has 0 heterocycles. The number of aryl methyl sites for hydroxylation is 2. The van der Waals surface area contributed by atoms with Crippen LogP contribution in [0.15, 0.2) is 105 Å². The normalized spacial score (nSPS) is 11.5. The van der Waals surface area contributed by atoms with E-state index < -0.39 is 111 Å². The maximum absolute atomic E-state index is 13.5. The molecule has 4 amide bonds. The van der Waals surface area contributed by atoms with Crippen LogP contribution in [-0.4, -0.2) is 198 Å². The van der Waals surface area contributed by atoms with Gasteiger partial charge in [-0.25, -0.2) is 4.79 Å². The van der Waals surface area contributed by atoms with Crippen molar-refractivity contribution in [1.29, 1.82) is 0 Å². The van der Waals surface area contributed by atoms with Gasteiger partial charge in [0.2, 0.25) is 0 Å². The molecule has 0 atom stereocenters. The van der Waals surface area contributed by atoms with Crippen molar-refractivity contribution in [2.24, 2.45) is 0 Å². The maximum atomic E-state index is 13.5. The molecule has 0 saturated carbocycles. The number of phenols is 2. The first-order valence-corrected chi connectivity index (χ1v) is 22.8. The van der Waals surface area contributed by atoms with Gasteiger partial charge in [0.1, 0.15) is 21.3 Å². The Balaban J connectivity index is 0.00000374. The second-order valence-corrected chi connectivity index (χ2v) is 19.0. The quantitative estimate of drug-likeness (QED) is 0.0692. The number of urea groups is 1. The molecule has 6 aromatic carbocycles. The number of anilines is 4. The van der Waals surface area contributed by atoms with Crippen LogP contribution in [0.1, 0.15) is 31.8 Å². The number of phenolic OH excluding ortho intramolecular Hbond substituents is 2. The minimum absolute atomic E-state index is 0. The molecule has 6 rings (SSSR count). The zero-order valence-corrected chi connectivity index (χ0v) is 46.7. The predicted octanol–water partition coefficient (Wildman–Crippen LogP) is 3.63. The second-order valence-electron chi connectivity index (χ2n) is 13.4. The zero-order chi connectivity index (χ0) is 45.9. The number of carbonyl (C=O) groups is 3. The van der Waals surface area contributed by atoms with E-state index in [-0.39, 0.29) is 152 Å². The summed E-state index contributed by atoms with van der Waals surface area (Å²) in [5.41, 5.74) is 0.293. The fraction of sp³-hybridized carbons (Fsp3) is 0.0541. The molecule has 10 N–H and O–H groups in total. The monoisotopic (exact) mass is 1020 g/mol. The Hall–Kier alpha value is -2.71. The molecule has 0 aliphatic heterocycles. The molecule has 0 spiro atoms. The van der Waals surface area contributed by atoms with Crippen LogP contribution < -0.4 is 21.3 Å². The fourth-order valence-corrected chi connectivity index (χ4v) is 8.75. The Morgan fingerprint density at radius 1 is 0.439 bits per heavy atom. The van der Waals surface area contributed by atoms with Crippen LogP contribution in [0.4, 0.5) is 27.5 Å². The summed E-state index contributed by atoms with van der Waals surface area (Å²) >= 11 is 0. The van der Waals surface area contributed by atoms with Crippen LogP contribution in [0.3, 0.4) is 0 Å². The average molecular weight is 1020 g/mol. The summed E-state index contributed by atoms with van der Waals surface area (Å²) in [4.78, 5) is 36.7. The first kappa shape index (κ1) is 59.4. The number of carbonyl (C=O) groups excluding carboxylic acids is 3. The van der Waals surface area contributed by atoms with E-state index in [4.69, 9.17) is 0 Å². The molecule has 4 radical (unpaired) electrons. The van der Waals surface area contributed by atoms with Crippen LogP contribution in [-0.2, 0) is 40.5 Å². The molecule has 6 aromatic rings. The van der Waals surface area contributed by atoms with E-state index in [2.05, 4.69) is 21.3 Å². The first-order chi connectivity index (χ1) is 28.6. The van der Waals surface area contributed by atoms with E-state index >= 15 is 0 Å². The number of amides is 4. The van der Waals surface area contributed by atoms with Gasteiger partial charge in [-0.15, -0.1) is 0 Å². The van der Waals surface area contributed by atoms with Gasteiger partial charge in [0.15, 0.2) is 0 Å². The number of benzene rings is 6. The van der Waals surface area contributed by atoms with Crippen molar-refractivity contribution in [3.8, 4) is 11.5 Å². The number of aromatic hydroxyl groups is 2. The van der Waals surface area contributed by atoms with E-state index in [1.54, 1.807) is 0 Å². The Labute approximate surface area is 464 Å². The second kappa shape index (κ2) is 22.4. The number of rotatable bonds is 10. The van der Waals surface area contributed by atoms with Crippen molar-refractivity contribution in [1.82, 2.24) is 0 Å². The number of hydrogen-bond acceptors (Lipinski definition) is 13. The van der Waals surface area contributed by atoms with Gasteiger partial charge in [-0.05, 0) is 85.6 Å². The fourth-order valence-electron chi connectivity index (χ4n) is 6.34. The van der Waals surface area contributed by atoms with E-state index in [1.165, 1.54) is 50.2 Å². The third-order valence-electron chi connectivity index (χ3n) is 9.18. The SMILES string of the molecule is Cc1ccc(NC(=O)Nc2ccc(C)c(C(=O)Nc3ccc(S(=O)(=O)O)c4cc(S(=O)(=O)O)cc(O)c34)c2)cc1C(=O)Nc1ccc(S(=O)(=O)O)c2cc(S(=O)(=O)O)cc(O)c12.[Na].[Na].[Na].[Na]. The smallest absolute Gasteiger partial charge is 0.323 e. The van der Waals surface area contributed by atoms with Gasteiger partial charge in [0, 0.05) is 174 Å². The van der Waals surface area contributed by atoms with Crippen LogP contribution in [0.5, 0.6) is 11.5 Å². The molecule has 0 bridgehead atoms. The van der Waals surface area contributed by atoms with Gasteiger partial charge in [-0.3, -0.25) is 27.8 Å². The van der Waals surface area contributed by atoms with Crippen molar-refractivity contribution in [2.75, 3.05) is 21.3 Å². The largest absolute Gasteiger partial charge is 0.507 e. The molecule has 0 aromatic heterocycles. The van der Waals surface area contributed by atoms with Gasteiger partial charge < -0.3 is 31.5 Å². The molecule has 0 unspecified atom stereocenters. The topological polar surface area (TPSA) is 357 Å².